The first-order chi connectivity index (χ1) is 9.13. The summed E-state index contributed by atoms with van der Waals surface area (Å²) in [5.74, 6) is 3.49. The van der Waals surface area contributed by atoms with Crippen LogP contribution in [0.4, 0.5) is 11.5 Å². The van der Waals surface area contributed by atoms with Gasteiger partial charge >= 0.3 is 5.69 Å². The van der Waals surface area contributed by atoms with E-state index in [1.807, 2.05) is 18.7 Å². The molecule has 19 heavy (non-hydrogen) atoms. The van der Waals surface area contributed by atoms with Gasteiger partial charge in [-0.05, 0) is 30.3 Å². The number of hydrogen-bond donors (Lipinski definition) is 1. The van der Waals surface area contributed by atoms with Crippen LogP contribution in [0.15, 0.2) is 0 Å². The largest absolute Gasteiger partial charge is 0.364 e. The zero-order valence-corrected chi connectivity index (χ0v) is 12.2. The van der Waals surface area contributed by atoms with Gasteiger partial charge in [0.25, 0.3) is 0 Å². The van der Waals surface area contributed by atoms with E-state index in [4.69, 9.17) is 0 Å². The lowest BCUT2D eigenvalue weighted by molar-refractivity contribution is -0.384. The molecule has 2 heterocycles. The van der Waals surface area contributed by atoms with Gasteiger partial charge in [0.05, 0.1) is 4.92 Å². The fourth-order valence-corrected chi connectivity index (χ4v) is 3.63. The number of aryl methyl sites for hydroxylation is 2. The molecular weight excluding hydrogens is 264 g/mol. The summed E-state index contributed by atoms with van der Waals surface area (Å²) in [6.07, 6.45) is 2.69. The van der Waals surface area contributed by atoms with Crippen LogP contribution in [0.1, 0.15) is 25.5 Å². The van der Waals surface area contributed by atoms with Gasteiger partial charge in [-0.3, -0.25) is 10.1 Å². The first-order valence-electron chi connectivity index (χ1n) is 6.65. The second-order valence-electron chi connectivity index (χ2n) is 4.89. The fraction of sp³-hybridized carbons (Fsp3) is 0.750. The predicted molar refractivity (Wildman–Crippen MR) is 77.8 cm³/mol. The van der Waals surface area contributed by atoms with Crippen LogP contribution < -0.4 is 5.32 Å². The van der Waals surface area contributed by atoms with Crippen molar-refractivity contribution in [3.05, 3.63) is 15.8 Å². The normalized spacial score (nSPS) is 18.7. The smallest absolute Gasteiger partial charge is 0.333 e. The lowest BCUT2D eigenvalue weighted by Crippen LogP contribution is -2.16. The van der Waals surface area contributed by atoms with Gasteiger partial charge in [-0.2, -0.15) is 16.9 Å². The van der Waals surface area contributed by atoms with Crippen molar-refractivity contribution < 1.29 is 4.92 Å². The molecule has 0 aliphatic carbocycles. The monoisotopic (exact) mass is 284 g/mol. The van der Waals surface area contributed by atoms with Crippen molar-refractivity contribution in [2.75, 3.05) is 23.4 Å². The second kappa shape index (κ2) is 6.27. The third kappa shape index (κ3) is 3.20. The number of rotatable bonds is 6. The molecule has 1 aromatic rings. The molecule has 1 atom stereocenters. The Kier molecular flexibility index (Phi) is 4.68. The molecule has 0 bridgehead atoms. The average Bonchev–Trinajstić information content (AvgIpc) is 2.95. The Morgan fingerprint density at radius 3 is 3.00 bits per heavy atom. The Bertz CT molecular complexity index is 455. The number of nitro groups is 1. The molecular formula is C12H20N4O2S. The van der Waals surface area contributed by atoms with Crippen molar-refractivity contribution in [3.8, 4) is 0 Å². The van der Waals surface area contributed by atoms with Crippen molar-refractivity contribution in [2.45, 2.75) is 26.2 Å². The van der Waals surface area contributed by atoms with Crippen LogP contribution in [0.3, 0.4) is 0 Å². The predicted octanol–water partition coefficient (Wildman–Crippen LogP) is 2.45. The molecule has 0 spiro atoms. The molecule has 0 saturated carbocycles. The van der Waals surface area contributed by atoms with Crippen LogP contribution in [0.5, 0.6) is 0 Å². The minimum Gasteiger partial charge on any atom is -0.364 e. The topological polar surface area (TPSA) is 73.0 Å². The summed E-state index contributed by atoms with van der Waals surface area (Å²) in [4.78, 5) is 10.9. The number of nitrogens with zero attached hydrogens (tertiary/aromatic N) is 3. The van der Waals surface area contributed by atoms with Gasteiger partial charge in [-0.1, -0.05) is 13.3 Å². The molecule has 6 nitrogen and oxygen atoms in total. The Balaban J connectivity index is 2.15. The van der Waals surface area contributed by atoms with E-state index in [9.17, 15) is 10.1 Å². The lowest BCUT2D eigenvalue weighted by Gasteiger charge is -2.10. The summed E-state index contributed by atoms with van der Waals surface area (Å²) in [7, 11) is 1.76. The number of aromatic nitrogens is 2. The number of hydrogen-bond acceptors (Lipinski definition) is 5. The Hall–Kier alpha value is -1.24. The summed E-state index contributed by atoms with van der Waals surface area (Å²) in [5, 5.41) is 18.7. The Morgan fingerprint density at radius 2 is 2.42 bits per heavy atom. The zero-order valence-electron chi connectivity index (χ0n) is 11.4. The molecule has 1 fully saturated rings. The van der Waals surface area contributed by atoms with Crippen LogP contribution >= 0.6 is 11.8 Å². The molecule has 0 radical (unpaired) electrons. The van der Waals surface area contributed by atoms with Crippen molar-refractivity contribution in [3.63, 3.8) is 0 Å². The van der Waals surface area contributed by atoms with E-state index in [0.717, 1.165) is 18.7 Å². The first kappa shape index (κ1) is 14.2. The van der Waals surface area contributed by atoms with E-state index in [-0.39, 0.29) is 10.6 Å². The highest BCUT2D eigenvalue weighted by atomic mass is 32.2. The highest BCUT2D eigenvalue weighted by Gasteiger charge is 2.26. The van der Waals surface area contributed by atoms with Gasteiger partial charge in [0.2, 0.25) is 5.82 Å². The maximum atomic E-state index is 11.2. The van der Waals surface area contributed by atoms with Crippen LogP contribution in [0.2, 0.25) is 0 Å². The van der Waals surface area contributed by atoms with Crippen LogP contribution in [-0.2, 0) is 13.5 Å². The summed E-state index contributed by atoms with van der Waals surface area (Å²) >= 11 is 1.95. The molecule has 7 heteroatoms. The third-order valence-corrected chi connectivity index (χ3v) is 4.58. The summed E-state index contributed by atoms with van der Waals surface area (Å²) in [5.41, 5.74) is 0.730. The summed E-state index contributed by atoms with van der Waals surface area (Å²) < 4.78 is 1.60. The van der Waals surface area contributed by atoms with Crippen LogP contribution in [0.25, 0.3) is 0 Å². The number of thioether (sulfide) groups is 1. The van der Waals surface area contributed by atoms with Gasteiger partial charge in [-0.25, -0.2) is 4.68 Å². The molecule has 1 aliphatic rings. The highest BCUT2D eigenvalue weighted by molar-refractivity contribution is 7.99. The van der Waals surface area contributed by atoms with Gasteiger partial charge in [0.1, 0.15) is 5.69 Å². The standard InChI is InChI=1S/C12H20N4O2S/c1-3-4-10-11(16(17)18)12(15(2)14-10)13-7-9-5-6-19-8-9/h9,13H,3-8H2,1-2H3. The van der Waals surface area contributed by atoms with Crippen molar-refractivity contribution in [2.24, 2.45) is 13.0 Å². The van der Waals surface area contributed by atoms with E-state index < -0.39 is 0 Å². The molecule has 1 unspecified atom stereocenters. The third-order valence-electron chi connectivity index (χ3n) is 3.34. The molecule has 0 amide bonds. The van der Waals surface area contributed by atoms with Crippen molar-refractivity contribution in [1.82, 2.24) is 9.78 Å². The molecule has 1 N–H and O–H groups in total. The average molecular weight is 284 g/mol. The van der Waals surface area contributed by atoms with Crippen molar-refractivity contribution in [1.29, 1.82) is 0 Å². The van der Waals surface area contributed by atoms with E-state index in [0.29, 0.717) is 23.9 Å². The van der Waals surface area contributed by atoms with Gasteiger partial charge in [0.15, 0.2) is 0 Å². The maximum Gasteiger partial charge on any atom is 0.333 e. The lowest BCUT2D eigenvalue weighted by atomic mass is 10.1. The molecule has 106 valence electrons. The number of anilines is 1. The first-order valence-corrected chi connectivity index (χ1v) is 7.80. The summed E-state index contributed by atoms with van der Waals surface area (Å²) in [6.45, 7) is 2.79. The fourth-order valence-electron chi connectivity index (χ4n) is 2.35. The zero-order chi connectivity index (χ0) is 13.8. The van der Waals surface area contributed by atoms with Gasteiger partial charge < -0.3 is 5.32 Å². The Labute approximate surface area is 117 Å². The van der Waals surface area contributed by atoms with Gasteiger partial charge in [0, 0.05) is 13.6 Å². The molecule has 2 rings (SSSR count). The van der Waals surface area contributed by atoms with Crippen LogP contribution in [0, 0.1) is 16.0 Å². The quantitative estimate of drug-likeness (QED) is 0.641. The van der Waals surface area contributed by atoms with E-state index in [1.165, 1.54) is 12.2 Å². The Morgan fingerprint density at radius 1 is 1.63 bits per heavy atom. The summed E-state index contributed by atoms with van der Waals surface area (Å²) in [6, 6.07) is 0. The van der Waals surface area contributed by atoms with E-state index in [2.05, 4.69) is 10.4 Å². The molecule has 1 saturated heterocycles. The van der Waals surface area contributed by atoms with Crippen molar-refractivity contribution >= 4 is 23.3 Å². The SMILES string of the molecule is CCCc1nn(C)c(NCC2CCSC2)c1[N+](=O)[O-]. The minimum atomic E-state index is -0.316. The molecule has 0 aromatic carbocycles. The number of nitrogens with one attached hydrogen (secondary N) is 1. The van der Waals surface area contributed by atoms with Gasteiger partial charge in [-0.15, -0.1) is 0 Å². The van der Waals surface area contributed by atoms with E-state index in [1.54, 1.807) is 11.7 Å². The second-order valence-corrected chi connectivity index (χ2v) is 6.03. The highest BCUT2D eigenvalue weighted by Crippen LogP contribution is 2.30. The molecule has 1 aromatic heterocycles. The van der Waals surface area contributed by atoms with E-state index >= 15 is 0 Å². The maximum absolute atomic E-state index is 11.2. The molecule has 1 aliphatic heterocycles. The van der Waals surface area contributed by atoms with Crippen LogP contribution in [-0.4, -0.2) is 32.8 Å². The minimum absolute atomic E-state index is 0.148.